The van der Waals surface area contributed by atoms with E-state index < -0.39 is 0 Å². The van der Waals surface area contributed by atoms with Crippen LogP contribution in [0.2, 0.25) is 0 Å². The van der Waals surface area contributed by atoms with Crippen LogP contribution in [0.15, 0.2) is 0 Å². The number of likely N-dealkylation sites (tertiary alicyclic amines) is 1. The number of hydrogen-bond donors (Lipinski definition) is 1. The van der Waals surface area contributed by atoms with Gasteiger partial charge in [-0.15, -0.1) is 0 Å². The number of ether oxygens (including phenoxy) is 1. The molecule has 1 aliphatic rings. The van der Waals surface area contributed by atoms with E-state index in [1.54, 1.807) is 7.11 Å². The monoisotopic (exact) mass is 200 g/mol. The summed E-state index contributed by atoms with van der Waals surface area (Å²) in [5, 5.41) is 0. The fourth-order valence-corrected chi connectivity index (χ4v) is 2.19. The third-order valence-electron chi connectivity index (χ3n) is 3.54. The number of methoxy groups -OCH3 is 1. The van der Waals surface area contributed by atoms with Crippen molar-refractivity contribution in [2.24, 2.45) is 11.7 Å². The fourth-order valence-electron chi connectivity index (χ4n) is 2.19. The highest BCUT2D eigenvalue weighted by molar-refractivity contribution is 4.80. The van der Waals surface area contributed by atoms with Crippen LogP contribution in [0, 0.1) is 5.92 Å². The average Bonchev–Trinajstić information content (AvgIpc) is 2.20. The molecule has 0 spiro atoms. The molecule has 2 N–H and O–H groups in total. The number of rotatable bonds is 4. The van der Waals surface area contributed by atoms with Crippen molar-refractivity contribution in [1.82, 2.24) is 4.90 Å². The van der Waals surface area contributed by atoms with Gasteiger partial charge in [-0.25, -0.2) is 0 Å². The molecule has 0 aromatic carbocycles. The Bertz CT molecular complexity index is 159. The zero-order valence-corrected chi connectivity index (χ0v) is 9.70. The molecule has 1 saturated heterocycles. The van der Waals surface area contributed by atoms with Crippen LogP contribution < -0.4 is 5.73 Å². The molecule has 3 unspecified atom stereocenters. The summed E-state index contributed by atoms with van der Waals surface area (Å²) < 4.78 is 5.32. The molecule has 1 aliphatic heterocycles. The first-order chi connectivity index (χ1) is 6.69. The highest BCUT2D eigenvalue weighted by Gasteiger charge is 2.25. The first kappa shape index (κ1) is 12.0. The van der Waals surface area contributed by atoms with Gasteiger partial charge in [-0.2, -0.15) is 0 Å². The number of nitrogens with two attached hydrogens (primary N) is 1. The lowest BCUT2D eigenvalue weighted by molar-refractivity contribution is 0.0304. The molecule has 0 bridgehead atoms. The van der Waals surface area contributed by atoms with Crippen molar-refractivity contribution in [3.8, 4) is 0 Å². The van der Waals surface area contributed by atoms with Gasteiger partial charge in [0.2, 0.25) is 0 Å². The molecule has 0 aromatic heterocycles. The van der Waals surface area contributed by atoms with Gasteiger partial charge < -0.3 is 10.5 Å². The van der Waals surface area contributed by atoms with Crippen molar-refractivity contribution >= 4 is 0 Å². The molecule has 84 valence electrons. The highest BCUT2D eigenvalue weighted by Crippen LogP contribution is 2.22. The molecular weight excluding hydrogens is 176 g/mol. The molecule has 3 atom stereocenters. The minimum atomic E-state index is 0.197. The van der Waals surface area contributed by atoms with Crippen molar-refractivity contribution in [2.75, 3.05) is 26.7 Å². The van der Waals surface area contributed by atoms with Gasteiger partial charge in [-0.3, -0.25) is 4.90 Å². The van der Waals surface area contributed by atoms with Gasteiger partial charge in [0.1, 0.15) is 0 Å². The van der Waals surface area contributed by atoms with E-state index in [9.17, 15) is 0 Å². The summed E-state index contributed by atoms with van der Waals surface area (Å²) in [6.45, 7) is 7.45. The Balaban J connectivity index is 2.41. The quantitative estimate of drug-likeness (QED) is 0.738. The third-order valence-corrected chi connectivity index (χ3v) is 3.54. The van der Waals surface area contributed by atoms with E-state index in [4.69, 9.17) is 10.5 Å². The molecule has 1 rings (SSSR count). The average molecular weight is 200 g/mol. The molecular formula is C11H24N2O. The fraction of sp³-hybridized carbons (Fsp3) is 1.00. The second kappa shape index (κ2) is 5.69. The second-order valence-electron chi connectivity index (χ2n) is 4.45. The maximum absolute atomic E-state index is 5.63. The van der Waals surface area contributed by atoms with E-state index in [-0.39, 0.29) is 6.10 Å². The summed E-state index contributed by atoms with van der Waals surface area (Å²) in [5.74, 6) is 0.805. The van der Waals surface area contributed by atoms with Gasteiger partial charge in [-0.05, 0) is 32.2 Å². The molecule has 0 amide bonds. The predicted octanol–water partition coefficient (Wildman–Crippen LogP) is 1.08. The Hall–Kier alpha value is -0.120. The van der Waals surface area contributed by atoms with Gasteiger partial charge in [0.25, 0.3) is 0 Å². The molecule has 0 saturated carbocycles. The highest BCUT2D eigenvalue weighted by atomic mass is 16.5. The molecule has 3 heteroatoms. The smallest absolute Gasteiger partial charge is 0.0820 e. The van der Waals surface area contributed by atoms with Crippen molar-refractivity contribution in [3.63, 3.8) is 0 Å². The second-order valence-corrected chi connectivity index (χ2v) is 4.45. The maximum atomic E-state index is 5.63. The molecule has 1 heterocycles. The Morgan fingerprint density at radius 2 is 2.21 bits per heavy atom. The van der Waals surface area contributed by atoms with Crippen molar-refractivity contribution < 1.29 is 4.74 Å². The largest absolute Gasteiger partial charge is 0.379 e. The lowest BCUT2D eigenvalue weighted by Gasteiger charge is -2.39. The normalized spacial score (nSPS) is 31.7. The zero-order valence-electron chi connectivity index (χ0n) is 9.70. The summed E-state index contributed by atoms with van der Waals surface area (Å²) in [6, 6.07) is 0.674. The molecule has 0 radical (unpaired) electrons. The number of hydrogen-bond acceptors (Lipinski definition) is 3. The van der Waals surface area contributed by atoms with Crippen LogP contribution in [0.1, 0.15) is 26.7 Å². The Morgan fingerprint density at radius 3 is 2.79 bits per heavy atom. The predicted molar refractivity (Wildman–Crippen MR) is 59.3 cm³/mol. The molecule has 14 heavy (non-hydrogen) atoms. The van der Waals surface area contributed by atoms with Crippen LogP contribution in [0.3, 0.4) is 0 Å². The molecule has 0 aromatic rings. The number of nitrogens with zero attached hydrogens (tertiary/aromatic N) is 1. The van der Waals surface area contributed by atoms with E-state index in [1.807, 2.05) is 0 Å². The van der Waals surface area contributed by atoms with E-state index >= 15 is 0 Å². The minimum Gasteiger partial charge on any atom is -0.379 e. The lowest BCUT2D eigenvalue weighted by atomic mass is 9.92. The summed E-state index contributed by atoms with van der Waals surface area (Å²) in [6.07, 6.45) is 2.87. The summed E-state index contributed by atoms with van der Waals surface area (Å²) in [4.78, 5) is 2.51. The van der Waals surface area contributed by atoms with Crippen LogP contribution in [0.5, 0.6) is 0 Å². The van der Waals surface area contributed by atoms with Crippen LogP contribution in [0.4, 0.5) is 0 Å². The minimum absolute atomic E-state index is 0.197. The molecule has 0 aliphatic carbocycles. The van der Waals surface area contributed by atoms with Gasteiger partial charge in [-0.1, -0.05) is 6.92 Å². The topological polar surface area (TPSA) is 38.5 Å². The van der Waals surface area contributed by atoms with Crippen molar-refractivity contribution in [3.05, 3.63) is 0 Å². The van der Waals surface area contributed by atoms with Crippen LogP contribution >= 0.6 is 0 Å². The van der Waals surface area contributed by atoms with E-state index in [0.717, 1.165) is 12.5 Å². The van der Waals surface area contributed by atoms with Crippen LogP contribution in [0.25, 0.3) is 0 Å². The van der Waals surface area contributed by atoms with Crippen LogP contribution in [-0.2, 0) is 4.74 Å². The van der Waals surface area contributed by atoms with E-state index in [0.29, 0.717) is 12.6 Å². The summed E-state index contributed by atoms with van der Waals surface area (Å²) >= 11 is 0. The zero-order chi connectivity index (χ0) is 10.6. The van der Waals surface area contributed by atoms with Gasteiger partial charge in [0.15, 0.2) is 0 Å². The Kier molecular flexibility index (Phi) is 4.85. The number of piperidine rings is 1. The SMILES string of the molecule is COC(CN)CN1CCCC(C)C1C. The Morgan fingerprint density at radius 1 is 1.50 bits per heavy atom. The van der Waals surface area contributed by atoms with Gasteiger partial charge in [0, 0.05) is 26.2 Å². The lowest BCUT2D eigenvalue weighted by Crippen LogP contribution is -2.47. The van der Waals surface area contributed by atoms with E-state index in [2.05, 4.69) is 18.7 Å². The van der Waals surface area contributed by atoms with Crippen molar-refractivity contribution in [2.45, 2.75) is 38.8 Å². The first-order valence-electron chi connectivity index (χ1n) is 5.66. The summed E-state index contributed by atoms with van der Waals surface area (Å²) in [7, 11) is 1.75. The standard InChI is InChI=1S/C11H24N2O/c1-9-5-4-6-13(10(9)2)8-11(7-12)14-3/h9-11H,4-8,12H2,1-3H3. The first-order valence-corrected chi connectivity index (χ1v) is 5.66. The van der Waals surface area contributed by atoms with E-state index in [1.165, 1.54) is 19.4 Å². The van der Waals surface area contributed by atoms with Crippen LogP contribution in [-0.4, -0.2) is 43.8 Å². The maximum Gasteiger partial charge on any atom is 0.0820 e. The van der Waals surface area contributed by atoms with Crippen molar-refractivity contribution in [1.29, 1.82) is 0 Å². The summed E-state index contributed by atoms with van der Waals surface area (Å²) in [5.41, 5.74) is 5.63. The van der Waals surface area contributed by atoms with Gasteiger partial charge >= 0.3 is 0 Å². The third kappa shape index (κ3) is 2.94. The Labute approximate surface area is 87.6 Å². The molecule has 3 nitrogen and oxygen atoms in total. The van der Waals surface area contributed by atoms with Gasteiger partial charge in [0.05, 0.1) is 6.10 Å². The molecule has 1 fully saturated rings.